The van der Waals surface area contributed by atoms with Crippen LogP contribution in [0.15, 0.2) is 30.6 Å². The summed E-state index contributed by atoms with van der Waals surface area (Å²) in [6.07, 6.45) is 7.00. The summed E-state index contributed by atoms with van der Waals surface area (Å²) in [5.74, 6) is 1.32. The quantitative estimate of drug-likeness (QED) is 0.510. The Labute approximate surface area is 179 Å². The molecule has 1 fully saturated rings. The van der Waals surface area contributed by atoms with E-state index in [2.05, 4.69) is 20.4 Å². The number of nitrogens with one attached hydrogen (secondary N) is 1. The number of aromatic nitrogens is 6. The lowest BCUT2D eigenvalue weighted by Crippen LogP contribution is -2.36. The Hall–Kier alpha value is -3.07. The van der Waals surface area contributed by atoms with Crippen LogP contribution < -0.4 is 5.32 Å². The Morgan fingerprint density at radius 3 is 2.81 bits per heavy atom. The Morgan fingerprint density at radius 1 is 1.23 bits per heavy atom. The van der Waals surface area contributed by atoms with Gasteiger partial charge in [0, 0.05) is 17.8 Å². The van der Waals surface area contributed by atoms with E-state index in [1.807, 2.05) is 38.2 Å². The lowest BCUT2D eigenvalue weighted by atomic mass is 9.84. The second-order valence-corrected chi connectivity index (χ2v) is 8.60. The van der Waals surface area contributed by atoms with Gasteiger partial charge in [0.15, 0.2) is 5.65 Å². The van der Waals surface area contributed by atoms with Crippen LogP contribution in [0.1, 0.15) is 38.4 Å². The molecule has 5 rings (SSSR count). The second kappa shape index (κ2) is 7.56. The second-order valence-electron chi connectivity index (χ2n) is 8.60. The van der Waals surface area contributed by atoms with Crippen LogP contribution in [-0.2, 0) is 6.54 Å². The van der Waals surface area contributed by atoms with Crippen LogP contribution in [0.25, 0.3) is 27.9 Å². The number of halogens is 1. The van der Waals surface area contributed by atoms with Gasteiger partial charge in [-0.05, 0) is 57.7 Å². The molecule has 0 bridgehead atoms. The lowest BCUT2D eigenvalue weighted by Gasteiger charge is -2.33. The number of fused-ring (bicyclic) bond motifs is 2. The number of imidazole rings is 1. The number of aryl methyl sites for hydroxylation is 2. The van der Waals surface area contributed by atoms with Crippen molar-refractivity contribution in [2.45, 2.75) is 57.7 Å². The topological polar surface area (TPSA) is 93.2 Å². The third-order valence-corrected chi connectivity index (χ3v) is 6.18. The first-order valence-electron chi connectivity index (χ1n) is 10.7. The standard InChI is InChI=1S/C22H26FN7O/c1-14-25-18-4-3-17(27-20(18)29(14)12-10-23)16-7-11-30-19(16)13-24-21(28-30)26-15-5-8-22(2,31)9-6-15/h3-4,7,11,13,15,31H,5-6,8-10,12H2,1-2H3,(H,26,28). The normalized spacial score (nSPS) is 21.7. The van der Waals surface area contributed by atoms with E-state index in [0.717, 1.165) is 53.8 Å². The molecule has 4 aromatic rings. The van der Waals surface area contributed by atoms with Crippen LogP contribution in [0, 0.1) is 6.92 Å². The summed E-state index contributed by atoms with van der Waals surface area (Å²) < 4.78 is 16.6. The van der Waals surface area contributed by atoms with Crippen molar-refractivity contribution in [1.29, 1.82) is 0 Å². The summed E-state index contributed by atoms with van der Waals surface area (Å²) in [7, 11) is 0. The van der Waals surface area contributed by atoms with Crippen LogP contribution in [-0.4, -0.2) is 52.6 Å². The molecule has 0 atom stereocenters. The third-order valence-electron chi connectivity index (χ3n) is 6.18. The summed E-state index contributed by atoms with van der Waals surface area (Å²) in [4.78, 5) is 13.7. The number of pyridine rings is 1. The van der Waals surface area contributed by atoms with Crippen molar-refractivity contribution >= 4 is 22.6 Å². The molecule has 0 saturated heterocycles. The highest BCUT2D eigenvalue weighted by Crippen LogP contribution is 2.30. The fourth-order valence-electron chi connectivity index (χ4n) is 4.37. The van der Waals surface area contributed by atoms with E-state index in [0.29, 0.717) is 11.6 Å². The first-order valence-corrected chi connectivity index (χ1v) is 10.7. The Kier molecular flexibility index (Phi) is 4.85. The van der Waals surface area contributed by atoms with Crippen molar-refractivity contribution in [3.63, 3.8) is 0 Å². The maximum atomic E-state index is 13.0. The Morgan fingerprint density at radius 2 is 2.03 bits per heavy atom. The number of hydrogen-bond donors (Lipinski definition) is 2. The average molecular weight is 423 g/mol. The smallest absolute Gasteiger partial charge is 0.241 e. The van der Waals surface area contributed by atoms with E-state index < -0.39 is 12.3 Å². The van der Waals surface area contributed by atoms with Gasteiger partial charge in [-0.2, -0.15) is 0 Å². The van der Waals surface area contributed by atoms with Gasteiger partial charge in [-0.25, -0.2) is 23.9 Å². The monoisotopic (exact) mass is 423 g/mol. The largest absolute Gasteiger partial charge is 0.390 e. The molecule has 0 amide bonds. The van der Waals surface area contributed by atoms with Crippen LogP contribution in [0.3, 0.4) is 0 Å². The van der Waals surface area contributed by atoms with Crippen molar-refractivity contribution in [3.8, 4) is 11.3 Å². The maximum absolute atomic E-state index is 13.0. The number of nitrogens with zero attached hydrogens (tertiary/aromatic N) is 6. The molecule has 31 heavy (non-hydrogen) atoms. The number of hydrogen-bond acceptors (Lipinski definition) is 6. The van der Waals surface area contributed by atoms with Crippen molar-refractivity contribution in [2.75, 3.05) is 12.0 Å². The van der Waals surface area contributed by atoms with Gasteiger partial charge in [0.25, 0.3) is 0 Å². The Balaban J connectivity index is 1.43. The highest BCUT2D eigenvalue weighted by atomic mass is 19.1. The lowest BCUT2D eigenvalue weighted by molar-refractivity contribution is 0.0195. The van der Waals surface area contributed by atoms with Crippen LogP contribution in [0.2, 0.25) is 0 Å². The molecule has 0 aliphatic heterocycles. The number of aliphatic hydroxyl groups is 1. The highest BCUT2D eigenvalue weighted by molar-refractivity contribution is 5.82. The van der Waals surface area contributed by atoms with Crippen molar-refractivity contribution < 1.29 is 9.50 Å². The van der Waals surface area contributed by atoms with Crippen LogP contribution >= 0.6 is 0 Å². The van der Waals surface area contributed by atoms with Gasteiger partial charge in [0.05, 0.1) is 29.6 Å². The molecular weight excluding hydrogens is 397 g/mol. The molecule has 4 heterocycles. The van der Waals surface area contributed by atoms with Gasteiger partial charge < -0.3 is 15.0 Å². The molecule has 4 aromatic heterocycles. The zero-order valence-electron chi connectivity index (χ0n) is 17.7. The summed E-state index contributed by atoms with van der Waals surface area (Å²) in [5, 5.41) is 18.1. The minimum absolute atomic E-state index is 0.240. The van der Waals surface area contributed by atoms with Gasteiger partial charge >= 0.3 is 0 Å². The minimum Gasteiger partial charge on any atom is -0.390 e. The maximum Gasteiger partial charge on any atom is 0.241 e. The molecule has 1 aliphatic carbocycles. The zero-order valence-corrected chi connectivity index (χ0v) is 17.7. The molecule has 8 nitrogen and oxygen atoms in total. The van der Waals surface area contributed by atoms with Crippen LogP contribution in [0.4, 0.5) is 10.3 Å². The molecule has 1 saturated carbocycles. The first kappa shape index (κ1) is 19.9. The van der Waals surface area contributed by atoms with Gasteiger partial charge in [-0.1, -0.05) is 0 Å². The molecule has 9 heteroatoms. The van der Waals surface area contributed by atoms with Crippen molar-refractivity contribution in [1.82, 2.24) is 29.1 Å². The molecule has 2 N–H and O–H groups in total. The fourth-order valence-corrected chi connectivity index (χ4v) is 4.37. The van der Waals surface area contributed by atoms with Gasteiger partial charge in [0.2, 0.25) is 5.95 Å². The average Bonchev–Trinajstić information content (AvgIpc) is 3.30. The van der Waals surface area contributed by atoms with E-state index in [9.17, 15) is 9.50 Å². The van der Waals surface area contributed by atoms with E-state index in [1.165, 1.54) is 0 Å². The predicted octanol–water partition coefficient (Wildman–Crippen LogP) is 3.52. The summed E-state index contributed by atoms with van der Waals surface area (Å²) in [5.41, 5.74) is 3.40. The van der Waals surface area contributed by atoms with E-state index in [-0.39, 0.29) is 12.6 Å². The fraction of sp³-hybridized carbons (Fsp3) is 0.455. The summed E-state index contributed by atoms with van der Waals surface area (Å²) >= 11 is 0. The molecule has 1 aliphatic rings. The van der Waals surface area contributed by atoms with Crippen molar-refractivity contribution in [3.05, 3.63) is 36.4 Å². The molecule has 0 unspecified atom stereocenters. The molecule has 0 spiro atoms. The van der Waals surface area contributed by atoms with Gasteiger partial charge in [0.1, 0.15) is 18.0 Å². The van der Waals surface area contributed by atoms with E-state index in [1.54, 1.807) is 15.3 Å². The van der Waals surface area contributed by atoms with E-state index in [4.69, 9.17) is 4.98 Å². The van der Waals surface area contributed by atoms with Crippen molar-refractivity contribution in [2.24, 2.45) is 0 Å². The number of rotatable bonds is 5. The third kappa shape index (κ3) is 3.74. The first-order chi connectivity index (χ1) is 14.9. The zero-order chi connectivity index (χ0) is 21.6. The molecule has 0 aromatic carbocycles. The van der Waals surface area contributed by atoms with Gasteiger partial charge in [-0.3, -0.25) is 0 Å². The molecular formula is C22H26FN7O. The van der Waals surface area contributed by atoms with E-state index >= 15 is 0 Å². The highest BCUT2D eigenvalue weighted by Gasteiger charge is 2.29. The summed E-state index contributed by atoms with van der Waals surface area (Å²) in [6, 6.07) is 6.06. The minimum atomic E-state index is -0.565. The molecule has 0 radical (unpaired) electrons. The predicted molar refractivity (Wildman–Crippen MR) is 117 cm³/mol. The van der Waals surface area contributed by atoms with Gasteiger partial charge in [-0.15, -0.1) is 5.10 Å². The Bertz CT molecular complexity index is 1240. The number of alkyl halides is 1. The summed E-state index contributed by atoms with van der Waals surface area (Å²) in [6.45, 7) is 3.53. The van der Waals surface area contributed by atoms with Crippen LogP contribution in [0.5, 0.6) is 0 Å². The SMILES string of the molecule is Cc1nc2ccc(-c3ccn4nc(NC5CCC(C)(O)CC5)ncc34)nc2n1CCF. The molecule has 162 valence electrons. The number of anilines is 1.